The summed E-state index contributed by atoms with van der Waals surface area (Å²) in [5, 5.41) is 0. The summed E-state index contributed by atoms with van der Waals surface area (Å²) < 4.78 is 165. The normalized spacial score (nSPS) is 13.1. The van der Waals surface area contributed by atoms with Crippen LogP contribution in [0.3, 0.4) is 0 Å². The molecule has 0 saturated heterocycles. The van der Waals surface area contributed by atoms with Crippen molar-refractivity contribution in [3.8, 4) is 0 Å². The molecule has 218 valence electrons. The summed E-state index contributed by atoms with van der Waals surface area (Å²) in [5.41, 5.74) is -2.43. The highest BCUT2D eigenvalue weighted by atomic mass is 19.4. The lowest BCUT2D eigenvalue weighted by Gasteiger charge is -2.37. The first-order valence-electron chi connectivity index (χ1n) is 11.6. The van der Waals surface area contributed by atoms with Crippen LogP contribution in [0.2, 0.25) is 0 Å². The van der Waals surface area contributed by atoms with Crippen molar-refractivity contribution in [1.29, 1.82) is 0 Å². The van der Waals surface area contributed by atoms with Crippen molar-refractivity contribution in [1.82, 2.24) is 0 Å². The van der Waals surface area contributed by atoms with Crippen molar-refractivity contribution in [2.45, 2.75) is 44.2 Å². The molecule has 3 aromatic rings. The minimum absolute atomic E-state index is 0.167. The lowest BCUT2D eigenvalue weighted by Crippen LogP contribution is -2.34. The molecule has 0 amide bonds. The summed E-state index contributed by atoms with van der Waals surface area (Å²) in [6.07, 6.45) is -18.1. The average molecular weight is 587 g/mol. The van der Waals surface area contributed by atoms with Crippen LogP contribution in [0.4, 0.5) is 52.7 Å². The monoisotopic (exact) mass is 587 g/mol. The van der Waals surface area contributed by atoms with Crippen LogP contribution in [-0.4, -0.2) is 6.54 Å². The van der Waals surface area contributed by atoms with Gasteiger partial charge in [-0.1, -0.05) is 18.2 Å². The number of rotatable bonds is 8. The number of benzene rings is 3. The molecule has 0 aliphatic rings. The zero-order valence-corrected chi connectivity index (χ0v) is 20.3. The molecule has 0 spiro atoms. The number of hydrogen-bond donors (Lipinski definition) is 1. The third-order valence-corrected chi connectivity index (χ3v) is 6.50. The molecule has 0 aliphatic carbocycles. The molecule has 0 aliphatic heterocycles. The summed E-state index contributed by atoms with van der Waals surface area (Å²) in [6.45, 7) is -0.381. The minimum atomic E-state index is -5.12. The number of nitrogens with two attached hydrogens (primary N) is 1. The first-order chi connectivity index (χ1) is 18.3. The Balaban J connectivity index is 2.29. The van der Waals surface area contributed by atoms with Gasteiger partial charge in [-0.05, 0) is 90.7 Å². The van der Waals surface area contributed by atoms with Crippen LogP contribution in [0.25, 0.3) is 0 Å². The van der Waals surface area contributed by atoms with Crippen LogP contribution < -0.4 is 5.73 Å². The van der Waals surface area contributed by atoms with Crippen LogP contribution >= 0.6 is 0 Å². The second kappa shape index (κ2) is 11.3. The van der Waals surface area contributed by atoms with Crippen LogP contribution in [-0.2, 0) is 37.8 Å². The summed E-state index contributed by atoms with van der Waals surface area (Å²) in [7, 11) is 0. The highest BCUT2D eigenvalue weighted by Gasteiger charge is 2.42. The number of hydrogen-bond acceptors (Lipinski definition) is 1. The van der Waals surface area contributed by atoms with E-state index in [4.69, 9.17) is 5.73 Å². The predicted octanol–water partition coefficient (Wildman–Crippen LogP) is 8.52. The Morgan fingerprint density at radius 3 is 0.975 bits per heavy atom. The molecule has 0 aromatic heterocycles. The second-order valence-corrected chi connectivity index (χ2v) is 9.47. The lowest BCUT2D eigenvalue weighted by atomic mass is 9.68. The topological polar surface area (TPSA) is 26.0 Å². The molecular formula is C27H21F12N. The van der Waals surface area contributed by atoms with E-state index in [2.05, 4.69) is 0 Å². The van der Waals surface area contributed by atoms with Crippen molar-refractivity contribution in [2.75, 3.05) is 6.54 Å². The largest absolute Gasteiger partial charge is 0.416 e. The van der Waals surface area contributed by atoms with Gasteiger partial charge in [-0.3, -0.25) is 0 Å². The number of alkyl halides is 9. The van der Waals surface area contributed by atoms with E-state index in [-0.39, 0.29) is 24.7 Å². The number of halogens is 12. The Morgan fingerprint density at radius 2 is 0.750 bits per heavy atom. The summed E-state index contributed by atoms with van der Waals surface area (Å²) >= 11 is 0. The van der Waals surface area contributed by atoms with Crippen molar-refractivity contribution >= 4 is 0 Å². The van der Waals surface area contributed by atoms with E-state index in [1.54, 1.807) is 0 Å². The van der Waals surface area contributed by atoms with Crippen molar-refractivity contribution in [3.63, 3.8) is 0 Å². The zero-order valence-electron chi connectivity index (χ0n) is 20.3. The Bertz CT molecular complexity index is 1180. The maximum absolute atomic E-state index is 13.8. The molecule has 0 atom stereocenters. The molecule has 0 radical (unpaired) electrons. The predicted molar refractivity (Wildman–Crippen MR) is 121 cm³/mol. The molecule has 3 aromatic carbocycles. The van der Waals surface area contributed by atoms with Gasteiger partial charge in [0.15, 0.2) is 0 Å². The molecule has 0 bridgehead atoms. The van der Waals surface area contributed by atoms with E-state index >= 15 is 0 Å². The van der Waals surface area contributed by atoms with Gasteiger partial charge in [-0.2, -0.15) is 39.5 Å². The van der Waals surface area contributed by atoms with Gasteiger partial charge in [-0.25, -0.2) is 13.2 Å². The molecular weight excluding hydrogens is 566 g/mol. The lowest BCUT2D eigenvalue weighted by molar-refractivity contribution is -0.139. The van der Waals surface area contributed by atoms with Gasteiger partial charge in [0.05, 0.1) is 16.7 Å². The molecule has 0 saturated carbocycles. The standard InChI is InChI=1S/C27H21F12N/c28-18-4-1-15(21(9-18)25(31,32)33)12-24(7-8-40,13-16-2-5-19(29)10-22(16)26(34,35)36)14-17-3-6-20(30)11-23(17)27(37,38)39/h1-6,9-11H,7-8,12-14,40H2. The van der Waals surface area contributed by atoms with Gasteiger partial charge in [0.2, 0.25) is 0 Å². The average Bonchev–Trinajstić information content (AvgIpc) is 2.81. The maximum Gasteiger partial charge on any atom is 0.416 e. The minimum Gasteiger partial charge on any atom is -0.330 e. The maximum atomic E-state index is 13.8. The fraction of sp³-hybridized carbons (Fsp3) is 0.333. The van der Waals surface area contributed by atoms with Gasteiger partial charge in [0.25, 0.3) is 0 Å². The van der Waals surface area contributed by atoms with E-state index in [1.807, 2.05) is 0 Å². The van der Waals surface area contributed by atoms with Crippen LogP contribution in [0.5, 0.6) is 0 Å². The second-order valence-electron chi connectivity index (χ2n) is 9.47. The van der Waals surface area contributed by atoms with Gasteiger partial charge < -0.3 is 5.73 Å². The van der Waals surface area contributed by atoms with Gasteiger partial charge in [0.1, 0.15) is 17.5 Å². The van der Waals surface area contributed by atoms with Gasteiger partial charge in [0, 0.05) is 0 Å². The molecule has 13 heteroatoms. The van der Waals surface area contributed by atoms with Crippen molar-refractivity contribution in [3.05, 3.63) is 105 Å². The smallest absolute Gasteiger partial charge is 0.330 e. The third-order valence-electron chi connectivity index (χ3n) is 6.50. The van der Waals surface area contributed by atoms with Crippen LogP contribution in [0, 0.1) is 22.9 Å². The molecule has 3 rings (SSSR count). The van der Waals surface area contributed by atoms with Crippen LogP contribution in [0.15, 0.2) is 54.6 Å². The van der Waals surface area contributed by atoms with E-state index in [0.717, 1.165) is 18.2 Å². The zero-order chi connectivity index (χ0) is 30.1. The van der Waals surface area contributed by atoms with Crippen molar-refractivity contribution in [2.24, 2.45) is 11.1 Å². The fourth-order valence-electron chi connectivity index (χ4n) is 4.87. The van der Waals surface area contributed by atoms with E-state index in [1.165, 1.54) is 0 Å². The molecule has 0 fully saturated rings. The highest BCUT2D eigenvalue weighted by Crippen LogP contribution is 2.44. The Kier molecular flexibility index (Phi) is 8.88. The fourth-order valence-corrected chi connectivity index (χ4v) is 4.87. The third kappa shape index (κ3) is 7.49. The highest BCUT2D eigenvalue weighted by molar-refractivity contribution is 5.37. The Hall–Kier alpha value is -3.22. The summed E-state index contributed by atoms with van der Waals surface area (Å²) in [6, 6.07) is 4.76. The van der Waals surface area contributed by atoms with E-state index in [0.29, 0.717) is 18.2 Å². The SMILES string of the molecule is NCCC(Cc1ccc(F)cc1C(F)(F)F)(Cc1ccc(F)cc1C(F)(F)F)Cc1ccc(F)cc1C(F)(F)F. The summed E-state index contributed by atoms with van der Waals surface area (Å²) in [4.78, 5) is 0. The van der Waals surface area contributed by atoms with Gasteiger partial charge in [-0.15, -0.1) is 0 Å². The Labute approximate surface area is 220 Å². The molecule has 1 nitrogen and oxygen atoms in total. The van der Waals surface area contributed by atoms with E-state index < -0.39 is 100 Å². The first kappa shape index (κ1) is 31.3. The molecule has 0 unspecified atom stereocenters. The molecule has 0 heterocycles. The quantitative estimate of drug-likeness (QED) is 0.263. The van der Waals surface area contributed by atoms with E-state index in [9.17, 15) is 52.7 Å². The first-order valence-corrected chi connectivity index (χ1v) is 11.6. The molecule has 2 N–H and O–H groups in total. The summed E-state index contributed by atoms with van der Waals surface area (Å²) in [5.74, 6) is -3.80. The molecule has 40 heavy (non-hydrogen) atoms. The Morgan fingerprint density at radius 1 is 0.475 bits per heavy atom. The van der Waals surface area contributed by atoms with Crippen LogP contribution in [0.1, 0.15) is 39.8 Å². The van der Waals surface area contributed by atoms with Crippen molar-refractivity contribution < 1.29 is 52.7 Å². The van der Waals surface area contributed by atoms with Gasteiger partial charge >= 0.3 is 18.5 Å².